The first-order valence-corrected chi connectivity index (χ1v) is 6.08. The quantitative estimate of drug-likeness (QED) is 0.753. The second-order valence-corrected chi connectivity index (χ2v) is 5.55. The lowest BCUT2D eigenvalue weighted by atomic mass is 9.88. The highest BCUT2D eigenvalue weighted by Crippen LogP contribution is 2.38. The van der Waals surface area contributed by atoms with Crippen LogP contribution in [-0.2, 0) is 4.79 Å². The molecule has 1 heterocycles. The molecule has 0 aromatic rings. The Kier molecular flexibility index (Phi) is 2.75. The number of nitrogens with one attached hydrogen (secondary N) is 1. The van der Waals surface area contributed by atoms with Gasteiger partial charge in [0.2, 0.25) is 5.91 Å². The molecule has 1 saturated heterocycles. The molecule has 3 nitrogen and oxygen atoms in total. The van der Waals surface area contributed by atoms with Crippen LogP contribution < -0.4 is 5.32 Å². The summed E-state index contributed by atoms with van der Waals surface area (Å²) < 4.78 is 0. The fraction of sp³-hybridized carbons (Fsp3) is 0.917. The van der Waals surface area contributed by atoms with Gasteiger partial charge in [0, 0.05) is 6.54 Å². The van der Waals surface area contributed by atoms with Gasteiger partial charge in [0.1, 0.15) is 0 Å². The summed E-state index contributed by atoms with van der Waals surface area (Å²) in [5.41, 5.74) is 0.371. The van der Waals surface area contributed by atoms with Gasteiger partial charge in [-0.1, -0.05) is 19.8 Å². The third-order valence-corrected chi connectivity index (χ3v) is 3.97. The number of carbonyl (C=O) groups is 1. The lowest BCUT2D eigenvalue weighted by molar-refractivity contribution is -0.131. The Bertz CT molecular complexity index is 258. The number of hydrogen-bond acceptors (Lipinski definition) is 2. The average molecular weight is 210 g/mol. The number of amides is 1. The van der Waals surface area contributed by atoms with E-state index in [1.165, 1.54) is 25.7 Å². The van der Waals surface area contributed by atoms with Crippen molar-refractivity contribution in [1.29, 1.82) is 0 Å². The Labute approximate surface area is 92.2 Å². The van der Waals surface area contributed by atoms with Gasteiger partial charge in [-0.3, -0.25) is 10.1 Å². The Hall–Kier alpha value is -0.570. The Morgan fingerprint density at radius 1 is 1.40 bits per heavy atom. The number of hydrogen-bond donors (Lipinski definition) is 1. The number of rotatable bonds is 2. The summed E-state index contributed by atoms with van der Waals surface area (Å²) in [6, 6.07) is 0.00463. The van der Waals surface area contributed by atoms with Crippen molar-refractivity contribution in [2.75, 3.05) is 6.54 Å². The van der Waals surface area contributed by atoms with E-state index < -0.39 is 0 Å². The Morgan fingerprint density at radius 2 is 2.00 bits per heavy atom. The minimum absolute atomic E-state index is 0.00463. The normalized spacial score (nSPS) is 35.1. The van der Waals surface area contributed by atoms with Crippen LogP contribution in [0.4, 0.5) is 0 Å². The van der Waals surface area contributed by atoms with E-state index in [-0.39, 0.29) is 18.1 Å². The highest BCUT2D eigenvalue weighted by Gasteiger charge is 2.39. The zero-order valence-corrected chi connectivity index (χ0v) is 10.0. The van der Waals surface area contributed by atoms with Gasteiger partial charge in [-0.2, -0.15) is 0 Å². The third kappa shape index (κ3) is 2.03. The van der Waals surface area contributed by atoms with Gasteiger partial charge in [0.05, 0.1) is 12.2 Å². The maximum atomic E-state index is 11.9. The van der Waals surface area contributed by atoms with E-state index in [0.29, 0.717) is 5.41 Å². The molecule has 3 heteroatoms. The topological polar surface area (TPSA) is 32.3 Å². The average Bonchev–Trinajstić information content (AvgIpc) is 2.68. The van der Waals surface area contributed by atoms with Crippen LogP contribution in [0.3, 0.4) is 0 Å². The van der Waals surface area contributed by atoms with Crippen molar-refractivity contribution in [1.82, 2.24) is 10.2 Å². The van der Waals surface area contributed by atoms with Crippen LogP contribution in [0.25, 0.3) is 0 Å². The van der Waals surface area contributed by atoms with E-state index in [2.05, 4.69) is 19.2 Å². The maximum Gasteiger partial charge on any atom is 0.240 e. The molecule has 0 aromatic carbocycles. The first-order chi connectivity index (χ1) is 7.02. The molecule has 1 aliphatic heterocycles. The van der Waals surface area contributed by atoms with Crippen molar-refractivity contribution in [2.45, 2.75) is 58.7 Å². The molecular weight excluding hydrogens is 188 g/mol. The summed E-state index contributed by atoms with van der Waals surface area (Å²) in [5.74, 6) is 0.274. The fourth-order valence-electron chi connectivity index (χ4n) is 2.98. The second-order valence-electron chi connectivity index (χ2n) is 5.55. The summed E-state index contributed by atoms with van der Waals surface area (Å²) in [5, 5.41) is 3.28. The fourth-order valence-corrected chi connectivity index (χ4v) is 2.98. The van der Waals surface area contributed by atoms with E-state index in [4.69, 9.17) is 0 Å². The van der Waals surface area contributed by atoms with E-state index >= 15 is 0 Å². The van der Waals surface area contributed by atoms with Gasteiger partial charge in [0.15, 0.2) is 0 Å². The smallest absolute Gasteiger partial charge is 0.240 e. The molecule has 2 aliphatic rings. The van der Waals surface area contributed by atoms with Gasteiger partial charge >= 0.3 is 0 Å². The van der Waals surface area contributed by atoms with E-state index in [0.717, 1.165) is 6.54 Å². The Balaban J connectivity index is 2.02. The zero-order valence-electron chi connectivity index (χ0n) is 10.0. The summed E-state index contributed by atoms with van der Waals surface area (Å²) in [6.07, 6.45) is 5.42. The first-order valence-electron chi connectivity index (χ1n) is 6.08. The van der Waals surface area contributed by atoms with Gasteiger partial charge in [-0.05, 0) is 32.1 Å². The molecule has 1 saturated carbocycles. The van der Waals surface area contributed by atoms with Gasteiger partial charge in [0.25, 0.3) is 0 Å². The third-order valence-electron chi connectivity index (χ3n) is 3.97. The molecule has 0 aromatic heterocycles. The predicted molar refractivity (Wildman–Crippen MR) is 60.3 cm³/mol. The van der Waals surface area contributed by atoms with Crippen LogP contribution in [0, 0.1) is 5.41 Å². The molecule has 1 amide bonds. The molecule has 0 radical (unpaired) electrons. The molecule has 15 heavy (non-hydrogen) atoms. The number of nitrogens with zero attached hydrogens (tertiary/aromatic N) is 1. The maximum absolute atomic E-state index is 11.9. The van der Waals surface area contributed by atoms with Crippen molar-refractivity contribution < 1.29 is 4.79 Å². The summed E-state index contributed by atoms with van der Waals surface area (Å²) >= 11 is 0. The van der Waals surface area contributed by atoms with Crippen LogP contribution in [-0.4, -0.2) is 29.6 Å². The highest BCUT2D eigenvalue weighted by molar-refractivity contribution is 5.83. The molecule has 1 N–H and O–H groups in total. The van der Waals surface area contributed by atoms with E-state index in [9.17, 15) is 4.79 Å². The summed E-state index contributed by atoms with van der Waals surface area (Å²) in [7, 11) is 0. The monoisotopic (exact) mass is 210 g/mol. The zero-order chi connectivity index (χ0) is 11.1. The molecule has 2 atom stereocenters. The van der Waals surface area contributed by atoms with E-state index in [1.807, 2.05) is 11.8 Å². The molecular formula is C12H22N2O. The van der Waals surface area contributed by atoms with Crippen LogP contribution in [0.5, 0.6) is 0 Å². The van der Waals surface area contributed by atoms with Crippen LogP contribution in [0.2, 0.25) is 0 Å². The Morgan fingerprint density at radius 3 is 2.47 bits per heavy atom. The molecule has 0 spiro atoms. The van der Waals surface area contributed by atoms with Crippen molar-refractivity contribution in [3.05, 3.63) is 0 Å². The summed E-state index contributed by atoms with van der Waals surface area (Å²) in [6.45, 7) is 7.29. The standard InChI is InChI=1S/C12H22N2O/c1-9-11(15)14(10(2)13-9)8-12(3)6-4-5-7-12/h9-10,13H,4-8H2,1-3H3. The van der Waals surface area contributed by atoms with Crippen molar-refractivity contribution in [3.63, 3.8) is 0 Å². The van der Waals surface area contributed by atoms with Crippen LogP contribution >= 0.6 is 0 Å². The van der Waals surface area contributed by atoms with Crippen LogP contribution in [0.1, 0.15) is 46.5 Å². The van der Waals surface area contributed by atoms with Gasteiger partial charge in [-0.25, -0.2) is 0 Å². The molecule has 86 valence electrons. The second kappa shape index (κ2) is 3.78. The van der Waals surface area contributed by atoms with Crippen molar-refractivity contribution >= 4 is 5.91 Å². The SMILES string of the molecule is CC1NC(C)N(CC2(C)CCCC2)C1=O. The minimum atomic E-state index is 0.00463. The highest BCUT2D eigenvalue weighted by atomic mass is 16.2. The predicted octanol–water partition coefficient (Wildman–Crippen LogP) is 1.73. The van der Waals surface area contributed by atoms with Crippen LogP contribution in [0.15, 0.2) is 0 Å². The lowest BCUT2D eigenvalue weighted by Crippen LogP contribution is -2.41. The van der Waals surface area contributed by atoms with Crippen molar-refractivity contribution in [3.8, 4) is 0 Å². The van der Waals surface area contributed by atoms with Crippen molar-refractivity contribution in [2.24, 2.45) is 5.41 Å². The molecule has 1 aliphatic carbocycles. The number of carbonyl (C=O) groups excluding carboxylic acids is 1. The lowest BCUT2D eigenvalue weighted by Gasteiger charge is -2.32. The van der Waals surface area contributed by atoms with Gasteiger partial charge < -0.3 is 4.90 Å². The first kappa shape index (κ1) is 10.9. The largest absolute Gasteiger partial charge is 0.326 e. The van der Waals surface area contributed by atoms with E-state index in [1.54, 1.807) is 0 Å². The molecule has 2 rings (SSSR count). The molecule has 0 bridgehead atoms. The van der Waals surface area contributed by atoms with Gasteiger partial charge in [-0.15, -0.1) is 0 Å². The minimum Gasteiger partial charge on any atom is -0.326 e. The summed E-state index contributed by atoms with van der Waals surface area (Å²) in [4.78, 5) is 13.9. The molecule has 2 unspecified atom stereocenters. The molecule has 2 fully saturated rings.